The molecule has 0 radical (unpaired) electrons. The molecule has 2 aliphatic heterocycles. The molecule has 0 bridgehead atoms. The van der Waals surface area contributed by atoms with Crippen LogP contribution >= 0.6 is 0 Å². The van der Waals surface area contributed by atoms with E-state index in [9.17, 15) is 9.59 Å². The summed E-state index contributed by atoms with van der Waals surface area (Å²) in [6, 6.07) is 4.12. The van der Waals surface area contributed by atoms with Crippen molar-refractivity contribution >= 4 is 30.3 Å². The fourth-order valence-electron chi connectivity index (χ4n) is 4.77. The van der Waals surface area contributed by atoms with E-state index in [-0.39, 0.29) is 18.1 Å². The number of methoxy groups -OCH3 is 1. The van der Waals surface area contributed by atoms with E-state index in [4.69, 9.17) is 18.8 Å². The van der Waals surface area contributed by atoms with E-state index in [1.165, 1.54) is 7.11 Å². The SMILES string of the molecule is CCN(c1cc(B2OC(C)(C)C(C)(C)O2)cc(C(=O)OC)c1C)C1CCN(C(=O)OC(C)(C)C)CC1. The van der Waals surface area contributed by atoms with Crippen LogP contribution in [0.2, 0.25) is 0 Å². The molecule has 2 saturated heterocycles. The van der Waals surface area contributed by atoms with Gasteiger partial charge in [-0.05, 0) is 98.3 Å². The number of piperidine rings is 1. The van der Waals surface area contributed by atoms with E-state index >= 15 is 0 Å². The Morgan fingerprint density at radius 3 is 2.14 bits per heavy atom. The first-order valence-electron chi connectivity index (χ1n) is 12.9. The van der Waals surface area contributed by atoms with Gasteiger partial charge in [0.1, 0.15) is 5.60 Å². The molecule has 0 aromatic heterocycles. The van der Waals surface area contributed by atoms with Gasteiger partial charge in [-0.25, -0.2) is 9.59 Å². The highest BCUT2D eigenvalue weighted by molar-refractivity contribution is 6.62. The minimum Gasteiger partial charge on any atom is -0.465 e. The fraction of sp³-hybridized carbons (Fsp3) is 0.704. The molecule has 36 heavy (non-hydrogen) atoms. The highest BCUT2D eigenvalue weighted by Crippen LogP contribution is 2.37. The monoisotopic (exact) mass is 502 g/mol. The Hall–Kier alpha value is -2.26. The van der Waals surface area contributed by atoms with E-state index in [2.05, 4.69) is 17.9 Å². The zero-order valence-corrected chi connectivity index (χ0v) is 23.7. The molecule has 0 atom stereocenters. The standard InChI is InChI=1S/C27H43BN2O6/c1-11-30(20-12-14-29(15-13-20)24(32)34-25(3,4)5)22-17-19(16-21(18(22)2)23(31)33-10)28-35-26(6,7)27(8,9)36-28/h16-17,20H,11-15H2,1-10H3. The second kappa shape index (κ2) is 10.2. The Morgan fingerprint density at radius 1 is 1.11 bits per heavy atom. The van der Waals surface area contributed by atoms with E-state index < -0.39 is 23.9 Å². The second-order valence-corrected chi connectivity index (χ2v) is 11.8. The average Bonchev–Trinajstić information content (AvgIpc) is 3.00. The number of carbonyl (C=O) groups excluding carboxylic acids is 2. The van der Waals surface area contributed by atoms with Crippen molar-refractivity contribution in [2.24, 2.45) is 0 Å². The maximum Gasteiger partial charge on any atom is 0.494 e. The lowest BCUT2D eigenvalue weighted by Gasteiger charge is -2.40. The number of benzene rings is 1. The van der Waals surface area contributed by atoms with Crippen LogP contribution in [0.5, 0.6) is 0 Å². The maximum absolute atomic E-state index is 12.7. The number of amides is 1. The van der Waals surface area contributed by atoms with Gasteiger partial charge < -0.3 is 28.6 Å². The molecule has 1 aromatic carbocycles. The lowest BCUT2D eigenvalue weighted by atomic mass is 9.77. The summed E-state index contributed by atoms with van der Waals surface area (Å²) in [7, 11) is 0.804. The molecule has 0 saturated carbocycles. The van der Waals surface area contributed by atoms with Crippen LogP contribution in [0.25, 0.3) is 0 Å². The third-order valence-electron chi connectivity index (χ3n) is 7.54. The first-order valence-corrected chi connectivity index (χ1v) is 12.9. The maximum atomic E-state index is 12.7. The lowest BCUT2D eigenvalue weighted by molar-refractivity contribution is 0.00578. The minimum absolute atomic E-state index is 0.214. The number of nitrogens with zero attached hydrogens (tertiary/aromatic N) is 2. The summed E-state index contributed by atoms with van der Waals surface area (Å²) in [5.74, 6) is -0.386. The molecule has 9 heteroatoms. The molecule has 0 N–H and O–H groups in total. The Bertz CT molecular complexity index is 963. The first-order chi connectivity index (χ1) is 16.6. The van der Waals surface area contributed by atoms with Crippen LogP contribution in [0, 0.1) is 6.92 Å². The zero-order valence-electron chi connectivity index (χ0n) is 23.7. The van der Waals surface area contributed by atoms with Crippen molar-refractivity contribution in [1.82, 2.24) is 4.90 Å². The third-order valence-corrected chi connectivity index (χ3v) is 7.54. The third kappa shape index (κ3) is 5.83. The first kappa shape index (κ1) is 28.3. The van der Waals surface area contributed by atoms with Gasteiger partial charge in [-0.15, -0.1) is 0 Å². The molecule has 2 fully saturated rings. The predicted octanol–water partition coefficient (Wildman–Crippen LogP) is 4.31. The molecule has 1 aromatic rings. The fourth-order valence-corrected chi connectivity index (χ4v) is 4.77. The smallest absolute Gasteiger partial charge is 0.465 e. The molecule has 2 heterocycles. The normalized spacial score (nSPS) is 19.8. The van der Waals surface area contributed by atoms with Crippen molar-refractivity contribution in [1.29, 1.82) is 0 Å². The number of likely N-dealkylation sites (tertiary alicyclic amines) is 1. The molecular formula is C27H43BN2O6. The summed E-state index contributed by atoms with van der Waals surface area (Å²) >= 11 is 0. The van der Waals surface area contributed by atoms with Gasteiger partial charge in [-0.2, -0.15) is 0 Å². The molecular weight excluding hydrogens is 459 g/mol. The van der Waals surface area contributed by atoms with Crippen LogP contribution < -0.4 is 10.4 Å². The summed E-state index contributed by atoms with van der Waals surface area (Å²) in [6.45, 7) is 19.8. The van der Waals surface area contributed by atoms with Gasteiger partial charge in [0.2, 0.25) is 0 Å². The number of esters is 1. The highest BCUT2D eigenvalue weighted by atomic mass is 16.7. The quantitative estimate of drug-likeness (QED) is 0.439. The van der Waals surface area contributed by atoms with E-state index in [1.54, 1.807) is 4.90 Å². The topological polar surface area (TPSA) is 77.5 Å². The summed E-state index contributed by atoms with van der Waals surface area (Å²) in [4.78, 5) is 29.4. The molecule has 200 valence electrons. The molecule has 2 aliphatic rings. The number of ether oxygens (including phenoxy) is 2. The van der Waals surface area contributed by atoms with Crippen LogP contribution in [0.3, 0.4) is 0 Å². The van der Waals surface area contributed by atoms with Crippen molar-refractivity contribution in [3.05, 3.63) is 23.3 Å². The van der Waals surface area contributed by atoms with Crippen molar-refractivity contribution in [2.45, 2.75) is 98.0 Å². The van der Waals surface area contributed by atoms with Gasteiger partial charge in [0, 0.05) is 31.4 Å². The van der Waals surface area contributed by atoms with Gasteiger partial charge >= 0.3 is 19.2 Å². The van der Waals surface area contributed by atoms with E-state index in [0.717, 1.165) is 36.1 Å². The van der Waals surface area contributed by atoms with Crippen LogP contribution in [-0.4, -0.2) is 73.7 Å². The average molecular weight is 502 g/mol. The van der Waals surface area contributed by atoms with Crippen LogP contribution in [0.15, 0.2) is 12.1 Å². The van der Waals surface area contributed by atoms with Crippen molar-refractivity contribution < 1.29 is 28.4 Å². The molecule has 0 aliphatic carbocycles. The number of carbonyl (C=O) groups is 2. The molecule has 8 nitrogen and oxygen atoms in total. The summed E-state index contributed by atoms with van der Waals surface area (Å²) < 4.78 is 23.3. The highest BCUT2D eigenvalue weighted by Gasteiger charge is 2.52. The molecule has 0 spiro atoms. The number of hydrogen-bond acceptors (Lipinski definition) is 7. The summed E-state index contributed by atoms with van der Waals surface area (Å²) in [5, 5.41) is 0. The molecule has 1 amide bonds. The molecule has 0 unspecified atom stereocenters. The molecule has 3 rings (SSSR count). The number of anilines is 1. The van der Waals surface area contributed by atoms with E-state index in [0.29, 0.717) is 18.7 Å². The number of rotatable bonds is 5. The Balaban J connectivity index is 1.90. The predicted molar refractivity (Wildman–Crippen MR) is 142 cm³/mol. The zero-order chi connectivity index (χ0) is 27.1. The van der Waals surface area contributed by atoms with Crippen LogP contribution in [0.4, 0.5) is 10.5 Å². The van der Waals surface area contributed by atoms with Crippen molar-refractivity contribution in [3.8, 4) is 0 Å². The van der Waals surface area contributed by atoms with Gasteiger partial charge in [0.25, 0.3) is 0 Å². The van der Waals surface area contributed by atoms with Crippen LogP contribution in [0.1, 0.15) is 84.2 Å². The van der Waals surface area contributed by atoms with E-state index in [1.807, 2.05) is 61.5 Å². The van der Waals surface area contributed by atoms with Gasteiger partial charge in [0.15, 0.2) is 0 Å². The Kier molecular flexibility index (Phi) is 8.06. The lowest BCUT2D eigenvalue weighted by Crippen LogP contribution is -2.48. The Morgan fingerprint density at radius 2 is 1.67 bits per heavy atom. The second-order valence-electron chi connectivity index (χ2n) is 11.8. The Labute approximate surface area is 216 Å². The van der Waals surface area contributed by atoms with Crippen LogP contribution in [-0.2, 0) is 18.8 Å². The van der Waals surface area contributed by atoms with Crippen molar-refractivity contribution in [2.75, 3.05) is 31.6 Å². The minimum atomic E-state index is -0.592. The van der Waals surface area contributed by atoms with Gasteiger partial charge in [-0.3, -0.25) is 0 Å². The summed E-state index contributed by atoms with van der Waals surface area (Å²) in [5.41, 5.74) is 1.61. The largest absolute Gasteiger partial charge is 0.494 e. The number of hydrogen-bond donors (Lipinski definition) is 0. The van der Waals surface area contributed by atoms with Gasteiger partial charge in [-0.1, -0.05) is 0 Å². The van der Waals surface area contributed by atoms with Gasteiger partial charge in [0.05, 0.1) is 23.9 Å². The summed E-state index contributed by atoms with van der Waals surface area (Å²) in [6.07, 6.45) is 1.35. The van der Waals surface area contributed by atoms with Crippen molar-refractivity contribution in [3.63, 3.8) is 0 Å².